The molecule has 0 amide bonds. The summed E-state index contributed by atoms with van der Waals surface area (Å²) in [6, 6.07) is 8.46. The van der Waals surface area contributed by atoms with Crippen LogP contribution in [0.25, 0.3) is 0 Å². The Kier molecular flexibility index (Phi) is 3.94. The molecule has 0 aromatic heterocycles. The SMILES string of the molecule is CC(F)Cc1cccc(C2CCNCC2)c1. The molecule has 2 rings (SSSR count). The molecule has 1 saturated heterocycles. The third-order valence-electron chi connectivity index (χ3n) is 3.28. The average Bonchev–Trinajstić information content (AvgIpc) is 2.30. The van der Waals surface area contributed by atoms with Gasteiger partial charge in [0.15, 0.2) is 0 Å². The number of nitrogens with one attached hydrogen (secondary N) is 1. The molecule has 16 heavy (non-hydrogen) atoms. The second kappa shape index (κ2) is 5.44. The number of benzene rings is 1. The van der Waals surface area contributed by atoms with Crippen molar-refractivity contribution in [1.82, 2.24) is 5.32 Å². The van der Waals surface area contributed by atoms with Crippen LogP contribution in [-0.2, 0) is 6.42 Å². The zero-order valence-corrected chi connectivity index (χ0v) is 9.88. The van der Waals surface area contributed by atoms with Crippen molar-refractivity contribution in [3.8, 4) is 0 Å². The van der Waals surface area contributed by atoms with Crippen LogP contribution >= 0.6 is 0 Å². The highest BCUT2D eigenvalue weighted by atomic mass is 19.1. The Morgan fingerprint density at radius 1 is 1.38 bits per heavy atom. The van der Waals surface area contributed by atoms with Crippen LogP contribution in [0.2, 0.25) is 0 Å². The number of piperidine rings is 1. The first-order valence-electron chi connectivity index (χ1n) is 6.19. The van der Waals surface area contributed by atoms with Crippen LogP contribution in [0, 0.1) is 0 Å². The number of hydrogen-bond donors (Lipinski definition) is 1. The smallest absolute Gasteiger partial charge is 0.101 e. The molecule has 1 unspecified atom stereocenters. The van der Waals surface area contributed by atoms with Crippen molar-refractivity contribution in [1.29, 1.82) is 0 Å². The number of alkyl halides is 1. The van der Waals surface area contributed by atoms with Crippen LogP contribution in [0.3, 0.4) is 0 Å². The van der Waals surface area contributed by atoms with E-state index in [9.17, 15) is 4.39 Å². The third kappa shape index (κ3) is 3.05. The fraction of sp³-hybridized carbons (Fsp3) is 0.571. The van der Waals surface area contributed by atoms with Crippen molar-refractivity contribution in [2.75, 3.05) is 13.1 Å². The molecule has 1 atom stereocenters. The molecule has 1 aliphatic heterocycles. The van der Waals surface area contributed by atoms with E-state index in [1.54, 1.807) is 6.92 Å². The Balaban J connectivity index is 2.08. The predicted molar refractivity (Wildman–Crippen MR) is 65.6 cm³/mol. The van der Waals surface area contributed by atoms with Crippen molar-refractivity contribution >= 4 is 0 Å². The Labute approximate surface area is 97.1 Å². The van der Waals surface area contributed by atoms with Crippen molar-refractivity contribution < 1.29 is 4.39 Å². The standard InChI is InChI=1S/C14H20FN/c1-11(15)9-12-3-2-4-14(10-12)13-5-7-16-8-6-13/h2-4,10-11,13,16H,5-9H2,1H3. The van der Waals surface area contributed by atoms with Gasteiger partial charge in [-0.1, -0.05) is 24.3 Å². The van der Waals surface area contributed by atoms with E-state index in [2.05, 4.69) is 23.5 Å². The molecule has 2 heteroatoms. The second-order valence-electron chi connectivity index (χ2n) is 4.75. The maximum Gasteiger partial charge on any atom is 0.101 e. The first-order chi connectivity index (χ1) is 7.75. The lowest BCUT2D eigenvalue weighted by Gasteiger charge is -2.23. The van der Waals surface area contributed by atoms with E-state index in [1.165, 1.54) is 18.4 Å². The highest BCUT2D eigenvalue weighted by Gasteiger charge is 2.15. The van der Waals surface area contributed by atoms with Gasteiger partial charge in [0.1, 0.15) is 6.17 Å². The van der Waals surface area contributed by atoms with Crippen molar-refractivity contribution in [2.24, 2.45) is 0 Å². The van der Waals surface area contributed by atoms with E-state index < -0.39 is 6.17 Å². The fourth-order valence-corrected chi connectivity index (χ4v) is 2.45. The van der Waals surface area contributed by atoms with Gasteiger partial charge in [-0.15, -0.1) is 0 Å². The van der Waals surface area contributed by atoms with Crippen molar-refractivity contribution in [3.05, 3.63) is 35.4 Å². The summed E-state index contributed by atoms with van der Waals surface area (Å²) in [4.78, 5) is 0. The normalized spacial score (nSPS) is 19.6. The summed E-state index contributed by atoms with van der Waals surface area (Å²) in [7, 11) is 0. The van der Waals surface area contributed by atoms with Crippen LogP contribution in [0.5, 0.6) is 0 Å². The third-order valence-corrected chi connectivity index (χ3v) is 3.28. The Bertz CT molecular complexity index is 329. The fourth-order valence-electron chi connectivity index (χ4n) is 2.45. The highest BCUT2D eigenvalue weighted by molar-refractivity contribution is 5.27. The molecule has 1 heterocycles. The number of hydrogen-bond acceptors (Lipinski definition) is 1. The monoisotopic (exact) mass is 221 g/mol. The van der Waals surface area contributed by atoms with E-state index in [0.717, 1.165) is 18.7 Å². The summed E-state index contributed by atoms with van der Waals surface area (Å²) in [6.07, 6.45) is 2.20. The molecular weight excluding hydrogens is 201 g/mol. The van der Waals surface area contributed by atoms with Gasteiger partial charge < -0.3 is 5.32 Å². The minimum Gasteiger partial charge on any atom is -0.317 e. The Morgan fingerprint density at radius 3 is 2.81 bits per heavy atom. The van der Waals surface area contributed by atoms with Gasteiger partial charge in [-0.3, -0.25) is 0 Å². The second-order valence-corrected chi connectivity index (χ2v) is 4.75. The summed E-state index contributed by atoms with van der Waals surface area (Å²) < 4.78 is 13.0. The summed E-state index contributed by atoms with van der Waals surface area (Å²) >= 11 is 0. The van der Waals surface area contributed by atoms with Gasteiger partial charge >= 0.3 is 0 Å². The minimum absolute atomic E-state index is 0.540. The molecule has 1 aromatic rings. The molecular formula is C14H20FN. The van der Waals surface area contributed by atoms with Gasteiger partial charge in [0.2, 0.25) is 0 Å². The molecule has 1 N–H and O–H groups in total. The summed E-state index contributed by atoms with van der Waals surface area (Å²) in [6.45, 7) is 3.83. The Morgan fingerprint density at radius 2 is 2.12 bits per heavy atom. The Hall–Kier alpha value is -0.890. The van der Waals surface area contributed by atoms with Gasteiger partial charge in [-0.25, -0.2) is 4.39 Å². The zero-order valence-electron chi connectivity index (χ0n) is 9.88. The summed E-state index contributed by atoms with van der Waals surface area (Å²) in [5.74, 6) is 0.663. The topological polar surface area (TPSA) is 12.0 Å². The molecule has 0 saturated carbocycles. The maximum absolute atomic E-state index is 13.0. The van der Waals surface area contributed by atoms with Gasteiger partial charge in [-0.05, 0) is 49.9 Å². The number of halogens is 1. The van der Waals surface area contributed by atoms with Gasteiger partial charge in [0, 0.05) is 6.42 Å². The molecule has 1 fully saturated rings. The van der Waals surface area contributed by atoms with E-state index in [4.69, 9.17) is 0 Å². The lowest BCUT2D eigenvalue weighted by molar-refractivity contribution is 0.360. The van der Waals surface area contributed by atoms with E-state index in [0.29, 0.717) is 12.3 Å². The number of rotatable bonds is 3. The lowest BCUT2D eigenvalue weighted by atomic mass is 9.89. The summed E-state index contributed by atoms with van der Waals surface area (Å²) in [5, 5.41) is 3.37. The van der Waals surface area contributed by atoms with Crippen molar-refractivity contribution in [2.45, 2.75) is 38.3 Å². The lowest BCUT2D eigenvalue weighted by Crippen LogP contribution is -2.26. The van der Waals surface area contributed by atoms with Crippen LogP contribution in [0.1, 0.15) is 36.8 Å². The van der Waals surface area contributed by atoms with E-state index in [-0.39, 0.29) is 0 Å². The molecule has 88 valence electrons. The molecule has 0 spiro atoms. The minimum atomic E-state index is -0.747. The molecule has 0 aliphatic carbocycles. The average molecular weight is 221 g/mol. The summed E-state index contributed by atoms with van der Waals surface area (Å²) in [5.41, 5.74) is 2.52. The van der Waals surface area contributed by atoms with Crippen molar-refractivity contribution in [3.63, 3.8) is 0 Å². The molecule has 0 radical (unpaired) electrons. The highest BCUT2D eigenvalue weighted by Crippen LogP contribution is 2.26. The first kappa shape index (κ1) is 11.6. The molecule has 1 nitrogen and oxygen atoms in total. The van der Waals surface area contributed by atoms with E-state index >= 15 is 0 Å². The van der Waals surface area contributed by atoms with Crippen LogP contribution in [0.4, 0.5) is 4.39 Å². The van der Waals surface area contributed by atoms with Gasteiger partial charge in [0.25, 0.3) is 0 Å². The quantitative estimate of drug-likeness (QED) is 0.827. The van der Waals surface area contributed by atoms with E-state index in [1.807, 2.05) is 6.07 Å². The zero-order chi connectivity index (χ0) is 11.4. The van der Waals surface area contributed by atoms with Crippen LogP contribution < -0.4 is 5.32 Å². The largest absolute Gasteiger partial charge is 0.317 e. The molecule has 1 aliphatic rings. The van der Waals surface area contributed by atoms with Gasteiger partial charge in [0.05, 0.1) is 0 Å². The predicted octanol–water partition coefficient (Wildman–Crippen LogP) is 3.05. The maximum atomic E-state index is 13.0. The molecule has 1 aromatic carbocycles. The van der Waals surface area contributed by atoms with Gasteiger partial charge in [-0.2, -0.15) is 0 Å². The molecule has 0 bridgehead atoms. The van der Waals surface area contributed by atoms with Crippen LogP contribution in [0.15, 0.2) is 24.3 Å². The first-order valence-corrected chi connectivity index (χ1v) is 6.19. The van der Waals surface area contributed by atoms with Crippen LogP contribution in [-0.4, -0.2) is 19.3 Å².